The minimum absolute atomic E-state index is 0.300. The summed E-state index contributed by atoms with van der Waals surface area (Å²) in [5, 5.41) is 4.89. The maximum atomic E-state index is 10.8. The number of hydrogen-bond donors (Lipinski definition) is 2. The fourth-order valence-corrected chi connectivity index (χ4v) is 1.99. The first-order valence-electron chi connectivity index (χ1n) is 4.81. The van der Waals surface area contributed by atoms with Gasteiger partial charge in [0.1, 0.15) is 0 Å². The van der Waals surface area contributed by atoms with Gasteiger partial charge in [-0.15, -0.1) is 0 Å². The number of rotatable bonds is 4. The van der Waals surface area contributed by atoms with Gasteiger partial charge in [0, 0.05) is 6.04 Å². The molecule has 0 aliphatic heterocycles. The van der Waals surface area contributed by atoms with Crippen LogP contribution in [0, 0.1) is 0 Å². The van der Waals surface area contributed by atoms with E-state index in [4.69, 9.17) is 5.14 Å². The van der Waals surface area contributed by atoms with Gasteiger partial charge in [-0.2, -0.15) is 13.1 Å². The molecule has 0 aliphatic rings. The summed E-state index contributed by atoms with van der Waals surface area (Å²) in [6.45, 7) is 3.83. The van der Waals surface area contributed by atoms with Crippen molar-refractivity contribution in [1.29, 1.82) is 0 Å². The Hall–Kier alpha value is -0.910. The molecule has 0 saturated heterocycles. The van der Waals surface area contributed by atoms with Crippen molar-refractivity contribution in [3.8, 4) is 0 Å². The van der Waals surface area contributed by atoms with Crippen LogP contribution in [0.25, 0.3) is 0 Å². The first-order valence-corrected chi connectivity index (χ1v) is 6.36. The number of hydrogen-bond acceptors (Lipinski definition) is 2. The second-order valence-corrected chi connectivity index (χ2v) is 4.81. The largest absolute Gasteiger partial charge is 0.274 e. The average Bonchev–Trinajstić information content (AvgIpc) is 2.15. The van der Waals surface area contributed by atoms with E-state index in [1.165, 1.54) is 5.56 Å². The molecule has 1 aromatic carbocycles. The third-order valence-electron chi connectivity index (χ3n) is 2.23. The Morgan fingerprint density at radius 2 is 1.87 bits per heavy atom. The summed E-state index contributed by atoms with van der Waals surface area (Å²) in [5.74, 6) is 0. The maximum Gasteiger partial charge on any atom is 0.274 e. The minimum Gasteiger partial charge on any atom is -0.216 e. The summed E-state index contributed by atoms with van der Waals surface area (Å²) in [5.41, 5.74) is 2.13. The van der Waals surface area contributed by atoms with Crippen LogP contribution in [0.1, 0.15) is 31.0 Å². The van der Waals surface area contributed by atoms with E-state index < -0.39 is 10.2 Å². The highest BCUT2D eigenvalue weighted by Crippen LogP contribution is 2.13. The van der Waals surface area contributed by atoms with E-state index in [1.54, 1.807) is 6.92 Å². The van der Waals surface area contributed by atoms with Gasteiger partial charge in [-0.05, 0) is 24.5 Å². The van der Waals surface area contributed by atoms with E-state index in [2.05, 4.69) is 11.6 Å². The lowest BCUT2D eigenvalue weighted by molar-refractivity contribution is 0.568. The maximum absolute atomic E-state index is 10.8. The summed E-state index contributed by atoms with van der Waals surface area (Å²) in [6, 6.07) is 7.47. The van der Waals surface area contributed by atoms with Crippen LogP contribution in [0.3, 0.4) is 0 Å². The van der Waals surface area contributed by atoms with Crippen molar-refractivity contribution >= 4 is 10.2 Å². The first-order chi connectivity index (χ1) is 6.92. The molecule has 1 aromatic rings. The van der Waals surface area contributed by atoms with E-state index in [1.807, 2.05) is 24.3 Å². The van der Waals surface area contributed by atoms with E-state index in [0.717, 1.165) is 12.0 Å². The van der Waals surface area contributed by atoms with Gasteiger partial charge in [-0.3, -0.25) is 0 Å². The lowest BCUT2D eigenvalue weighted by Gasteiger charge is -2.12. The van der Waals surface area contributed by atoms with Crippen molar-refractivity contribution in [1.82, 2.24) is 4.72 Å². The average molecular weight is 228 g/mol. The van der Waals surface area contributed by atoms with Gasteiger partial charge in [-0.1, -0.05) is 31.2 Å². The SMILES string of the molecule is CCc1ccc(C(C)NS(N)(=O)=O)cc1. The molecule has 4 nitrogen and oxygen atoms in total. The van der Waals surface area contributed by atoms with Crippen LogP contribution in [0.4, 0.5) is 0 Å². The lowest BCUT2D eigenvalue weighted by Crippen LogP contribution is -2.32. The molecule has 1 rings (SSSR count). The highest BCUT2D eigenvalue weighted by atomic mass is 32.2. The van der Waals surface area contributed by atoms with Gasteiger partial charge in [0.2, 0.25) is 0 Å². The van der Waals surface area contributed by atoms with Gasteiger partial charge in [0.05, 0.1) is 0 Å². The van der Waals surface area contributed by atoms with Crippen LogP contribution >= 0.6 is 0 Å². The van der Waals surface area contributed by atoms with Crippen molar-refractivity contribution in [3.63, 3.8) is 0 Å². The zero-order chi connectivity index (χ0) is 11.5. The van der Waals surface area contributed by atoms with Crippen molar-refractivity contribution < 1.29 is 8.42 Å². The molecule has 15 heavy (non-hydrogen) atoms. The molecule has 0 amide bonds. The fraction of sp³-hybridized carbons (Fsp3) is 0.400. The van der Waals surface area contributed by atoms with E-state index >= 15 is 0 Å². The van der Waals surface area contributed by atoms with Gasteiger partial charge in [0.15, 0.2) is 0 Å². The van der Waals surface area contributed by atoms with Crippen LogP contribution < -0.4 is 9.86 Å². The quantitative estimate of drug-likeness (QED) is 0.810. The fourth-order valence-electron chi connectivity index (χ4n) is 1.36. The molecule has 0 saturated carbocycles. The molecular formula is C10H16N2O2S. The predicted molar refractivity (Wildman–Crippen MR) is 60.5 cm³/mol. The molecule has 0 bridgehead atoms. The summed E-state index contributed by atoms with van der Waals surface area (Å²) in [7, 11) is -3.64. The molecule has 1 unspecified atom stereocenters. The molecule has 0 fully saturated rings. The molecule has 0 aromatic heterocycles. The third-order valence-corrected chi connectivity index (χ3v) is 2.91. The zero-order valence-electron chi connectivity index (χ0n) is 8.90. The monoisotopic (exact) mass is 228 g/mol. The van der Waals surface area contributed by atoms with Crippen LogP contribution in [-0.2, 0) is 16.6 Å². The van der Waals surface area contributed by atoms with Gasteiger partial charge >= 0.3 is 0 Å². The summed E-state index contributed by atoms with van der Waals surface area (Å²) in [6.07, 6.45) is 0.970. The molecule has 0 aliphatic carbocycles. The number of nitrogens with two attached hydrogens (primary N) is 1. The normalized spacial score (nSPS) is 13.8. The number of nitrogens with one attached hydrogen (secondary N) is 1. The molecule has 5 heteroatoms. The highest BCUT2D eigenvalue weighted by molar-refractivity contribution is 7.87. The van der Waals surface area contributed by atoms with Gasteiger partial charge in [0.25, 0.3) is 10.2 Å². The molecule has 1 atom stereocenters. The topological polar surface area (TPSA) is 72.2 Å². The minimum atomic E-state index is -3.64. The Morgan fingerprint density at radius 1 is 1.33 bits per heavy atom. The Labute approximate surface area is 90.7 Å². The zero-order valence-corrected chi connectivity index (χ0v) is 9.71. The molecule has 0 heterocycles. The summed E-state index contributed by atoms with van der Waals surface area (Å²) >= 11 is 0. The first kappa shape index (κ1) is 12.2. The van der Waals surface area contributed by atoms with Gasteiger partial charge < -0.3 is 0 Å². The summed E-state index contributed by atoms with van der Waals surface area (Å²) in [4.78, 5) is 0. The summed E-state index contributed by atoms with van der Waals surface area (Å²) < 4.78 is 23.9. The number of aryl methyl sites for hydroxylation is 1. The predicted octanol–water partition coefficient (Wildman–Crippen LogP) is 1.10. The van der Waals surface area contributed by atoms with Crippen LogP contribution in [0.5, 0.6) is 0 Å². The Bertz CT molecular complexity index is 412. The molecule has 84 valence electrons. The lowest BCUT2D eigenvalue weighted by atomic mass is 10.1. The van der Waals surface area contributed by atoms with E-state index in [0.29, 0.717) is 0 Å². The van der Waals surface area contributed by atoms with Crippen molar-refractivity contribution in [2.75, 3.05) is 0 Å². The second-order valence-electron chi connectivity index (χ2n) is 3.48. The Morgan fingerprint density at radius 3 is 2.27 bits per heavy atom. The molecular weight excluding hydrogens is 212 g/mol. The van der Waals surface area contributed by atoms with Gasteiger partial charge in [-0.25, -0.2) is 5.14 Å². The number of benzene rings is 1. The smallest absolute Gasteiger partial charge is 0.216 e. The van der Waals surface area contributed by atoms with Crippen LogP contribution in [-0.4, -0.2) is 8.42 Å². The molecule has 0 spiro atoms. The standard InChI is InChI=1S/C10H16N2O2S/c1-3-9-4-6-10(7-5-9)8(2)12-15(11,13)14/h4-8,12H,3H2,1-2H3,(H2,11,13,14). The van der Waals surface area contributed by atoms with E-state index in [-0.39, 0.29) is 6.04 Å². The highest BCUT2D eigenvalue weighted by Gasteiger charge is 2.10. The second kappa shape index (κ2) is 4.74. The molecule has 3 N–H and O–H groups in total. The van der Waals surface area contributed by atoms with Crippen molar-refractivity contribution in [2.24, 2.45) is 5.14 Å². The Balaban J connectivity index is 2.78. The Kier molecular flexibility index (Phi) is 3.84. The molecule has 0 radical (unpaired) electrons. The van der Waals surface area contributed by atoms with Crippen LogP contribution in [0.2, 0.25) is 0 Å². The van der Waals surface area contributed by atoms with Crippen molar-refractivity contribution in [3.05, 3.63) is 35.4 Å². The van der Waals surface area contributed by atoms with Crippen LogP contribution in [0.15, 0.2) is 24.3 Å². The van der Waals surface area contributed by atoms with E-state index in [9.17, 15) is 8.42 Å². The third kappa shape index (κ3) is 3.99. The van der Waals surface area contributed by atoms with Crippen molar-refractivity contribution in [2.45, 2.75) is 26.3 Å².